The number of aromatic amines is 1. The fourth-order valence-corrected chi connectivity index (χ4v) is 5.63. The van der Waals surface area contributed by atoms with Crippen molar-refractivity contribution in [3.8, 4) is 34.0 Å². The Hall–Kier alpha value is -3.51. The summed E-state index contributed by atoms with van der Waals surface area (Å²) in [5.74, 6) is 0.366. The molecule has 39 heavy (non-hydrogen) atoms. The van der Waals surface area contributed by atoms with E-state index in [-0.39, 0.29) is 25.0 Å². The highest BCUT2D eigenvalue weighted by atomic mass is 32.2. The van der Waals surface area contributed by atoms with Gasteiger partial charge >= 0.3 is 0 Å². The Morgan fingerprint density at radius 2 is 1.79 bits per heavy atom. The lowest BCUT2D eigenvalue weighted by Crippen LogP contribution is -2.34. The molecule has 2 aromatic heterocycles. The third kappa shape index (κ3) is 5.10. The van der Waals surface area contributed by atoms with E-state index in [2.05, 4.69) is 14.3 Å². The second-order valence-corrected chi connectivity index (χ2v) is 12.5. The number of methoxy groups -OCH3 is 1. The van der Waals surface area contributed by atoms with Crippen LogP contribution in [0.4, 0.5) is 10.1 Å². The Morgan fingerprint density at radius 1 is 1.05 bits per heavy atom. The van der Waals surface area contributed by atoms with E-state index in [4.69, 9.17) is 18.9 Å². The van der Waals surface area contributed by atoms with Crippen molar-refractivity contribution in [2.75, 3.05) is 32.8 Å². The average molecular weight is 554 g/mol. The normalized spacial score (nSPS) is 22.7. The van der Waals surface area contributed by atoms with Crippen molar-refractivity contribution in [2.24, 2.45) is 4.36 Å². The fraction of sp³-hybridized carbons (Fsp3) is 0.321. The number of halogens is 1. The van der Waals surface area contributed by atoms with Crippen LogP contribution in [0.2, 0.25) is 0 Å². The van der Waals surface area contributed by atoms with Crippen LogP contribution in [0, 0.1) is 5.82 Å². The third-order valence-corrected chi connectivity index (χ3v) is 7.42. The van der Waals surface area contributed by atoms with Crippen molar-refractivity contribution in [3.63, 3.8) is 0 Å². The van der Waals surface area contributed by atoms with E-state index in [1.54, 1.807) is 24.6 Å². The summed E-state index contributed by atoms with van der Waals surface area (Å²) in [5.41, 5.74) is 4.08. The first-order valence-electron chi connectivity index (χ1n) is 12.4. The molecule has 0 aliphatic carbocycles. The molecule has 0 unspecified atom stereocenters. The fourth-order valence-electron chi connectivity index (χ4n) is 5.00. The molecule has 4 aromatic rings. The van der Waals surface area contributed by atoms with Crippen LogP contribution in [0.5, 0.6) is 11.6 Å². The average Bonchev–Trinajstić information content (AvgIpc) is 3.59. The van der Waals surface area contributed by atoms with E-state index in [0.717, 1.165) is 11.1 Å². The first kappa shape index (κ1) is 25.8. The molecule has 0 amide bonds. The van der Waals surface area contributed by atoms with E-state index in [0.29, 0.717) is 33.9 Å². The standard InChI is InChI=1S/C28H28FN3O6S/c1-35-23-10-16(15-4-7-17(8-5-15)32-39(2,3)34)6-9-18(23)26-19(29)11-20-21(31-26)12-25(30-20)38-24-14-37-27-22(33)13-36-28(24)27/h4-12,22,24,27-28,30,33H,13-14H2,1-3H3/t22-,24-,27-,28-/m1/s1. The monoisotopic (exact) mass is 553 g/mol. The lowest BCUT2D eigenvalue weighted by Gasteiger charge is -2.16. The van der Waals surface area contributed by atoms with E-state index in [9.17, 15) is 9.32 Å². The van der Waals surface area contributed by atoms with Crippen molar-refractivity contribution < 1.29 is 32.7 Å². The van der Waals surface area contributed by atoms with Crippen LogP contribution in [0.3, 0.4) is 0 Å². The predicted molar refractivity (Wildman–Crippen MR) is 145 cm³/mol. The molecule has 6 rings (SSSR count). The Bertz CT molecular complexity index is 1660. The van der Waals surface area contributed by atoms with Crippen LogP contribution < -0.4 is 9.47 Å². The number of benzene rings is 2. The van der Waals surface area contributed by atoms with E-state index in [1.807, 2.05) is 36.4 Å². The number of hydrogen-bond acceptors (Lipinski definition) is 8. The maximum Gasteiger partial charge on any atom is 0.193 e. The minimum absolute atomic E-state index is 0.151. The number of fused-ring (bicyclic) bond motifs is 2. The van der Waals surface area contributed by atoms with Crippen LogP contribution in [-0.2, 0) is 19.2 Å². The van der Waals surface area contributed by atoms with Gasteiger partial charge in [0.05, 0.1) is 37.0 Å². The summed E-state index contributed by atoms with van der Waals surface area (Å²) >= 11 is 0. The summed E-state index contributed by atoms with van der Waals surface area (Å²) in [5, 5.41) is 9.95. The maximum atomic E-state index is 15.3. The van der Waals surface area contributed by atoms with Gasteiger partial charge in [-0.05, 0) is 35.4 Å². The van der Waals surface area contributed by atoms with Crippen molar-refractivity contribution >= 4 is 26.4 Å². The lowest BCUT2D eigenvalue weighted by molar-refractivity contribution is 0.00794. The maximum absolute atomic E-state index is 15.3. The zero-order valence-electron chi connectivity index (χ0n) is 21.6. The molecule has 0 saturated carbocycles. The Labute approximate surface area is 225 Å². The summed E-state index contributed by atoms with van der Waals surface area (Å²) in [7, 11) is -0.720. The number of hydrogen-bond donors (Lipinski definition) is 2. The Morgan fingerprint density at radius 3 is 2.54 bits per heavy atom. The number of aliphatic hydroxyl groups excluding tert-OH is 1. The van der Waals surface area contributed by atoms with Crippen LogP contribution in [-0.4, -0.2) is 76.5 Å². The van der Waals surface area contributed by atoms with Gasteiger partial charge in [-0.2, -0.15) is 4.36 Å². The molecule has 2 fully saturated rings. The Kier molecular flexibility index (Phi) is 6.54. The number of ether oxygens (including phenoxy) is 4. The van der Waals surface area contributed by atoms with Crippen LogP contribution in [0.15, 0.2) is 59.0 Å². The van der Waals surface area contributed by atoms with Gasteiger partial charge in [0.2, 0.25) is 0 Å². The lowest BCUT2D eigenvalue weighted by atomic mass is 10.0. The second-order valence-electron chi connectivity index (χ2n) is 9.94. The topological polar surface area (TPSA) is 115 Å². The number of nitrogens with zero attached hydrogens (tertiary/aromatic N) is 2. The van der Waals surface area contributed by atoms with Gasteiger partial charge in [-0.25, -0.2) is 13.6 Å². The molecule has 0 spiro atoms. The minimum Gasteiger partial charge on any atom is -0.496 e. The first-order valence-corrected chi connectivity index (χ1v) is 14.7. The summed E-state index contributed by atoms with van der Waals surface area (Å²) in [6, 6.07) is 15.9. The molecule has 2 aliphatic rings. The molecule has 2 aromatic carbocycles. The van der Waals surface area contributed by atoms with Gasteiger partial charge in [0, 0.05) is 39.9 Å². The molecular weight excluding hydrogens is 525 g/mol. The van der Waals surface area contributed by atoms with Crippen LogP contribution in [0.25, 0.3) is 33.4 Å². The smallest absolute Gasteiger partial charge is 0.193 e. The molecule has 4 atom stereocenters. The van der Waals surface area contributed by atoms with E-state index >= 15 is 4.39 Å². The van der Waals surface area contributed by atoms with Gasteiger partial charge in [-0.15, -0.1) is 0 Å². The number of rotatable bonds is 6. The van der Waals surface area contributed by atoms with Crippen LogP contribution in [0.1, 0.15) is 0 Å². The van der Waals surface area contributed by atoms with Gasteiger partial charge in [0.25, 0.3) is 0 Å². The predicted octanol–water partition coefficient (Wildman–Crippen LogP) is 4.31. The quantitative estimate of drug-likeness (QED) is 0.366. The summed E-state index contributed by atoms with van der Waals surface area (Å²) in [6.07, 6.45) is 1.35. The van der Waals surface area contributed by atoms with Crippen molar-refractivity contribution in [1.29, 1.82) is 0 Å². The van der Waals surface area contributed by atoms with Gasteiger partial charge < -0.3 is 29.0 Å². The molecule has 204 valence electrons. The molecular formula is C28H28FN3O6S. The number of aromatic nitrogens is 2. The highest BCUT2D eigenvalue weighted by molar-refractivity contribution is 7.92. The zero-order chi connectivity index (χ0) is 27.3. The minimum atomic E-state index is -2.25. The number of aliphatic hydroxyl groups is 1. The summed E-state index contributed by atoms with van der Waals surface area (Å²) < 4.78 is 54.3. The zero-order valence-corrected chi connectivity index (χ0v) is 22.4. The summed E-state index contributed by atoms with van der Waals surface area (Å²) in [6.45, 7) is 0.494. The molecule has 2 aliphatic heterocycles. The second kappa shape index (κ2) is 9.91. The molecule has 2 N–H and O–H groups in total. The molecule has 0 bridgehead atoms. The van der Waals surface area contributed by atoms with E-state index < -0.39 is 33.9 Å². The number of H-pyrrole nitrogens is 1. The highest BCUT2D eigenvalue weighted by Crippen LogP contribution is 2.37. The van der Waals surface area contributed by atoms with Gasteiger partial charge in [0.15, 0.2) is 17.8 Å². The number of nitrogens with one attached hydrogen (secondary N) is 1. The number of pyridine rings is 1. The molecule has 2 saturated heterocycles. The third-order valence-electron chi connectivity index (χ3n) is 6.77. The first-order chi connectivity index (χ1) is 18.7. The molecule has 9 nitrogen and oxygen atoms in total. The van der Waals surface area contributed by atoms with Gasteiger partial charge in [0.1, 0.15) is 29.8 Å². The van der Waals surface area contributed by atoms with Crippen LogP contribution >= 0.6 is 0 Å². The summed E-state index contributed by atoms with van der Waals surface area (Å²) in [4.78, 5) is 7.62. The van der Waals surface area contributed by atoms with Gasteiger partial charge in [-0.3, -0.25) is 0 Å². The van der Waals surface area contributed by atoms with Crippen molar-refractivity contribution in [1.82, 2.24) is 9.97 Å². The molecule has 11 heteroatoms. The largest absolute Gasteiger partial charge is 0.496 e. The van der Waals surface area contributed by atoms with Crippen molar-refractivity contribution in [3.05, 3.63) is 60.4 Å². The Balaban J connectivity index is 1.28. The van der Waals surface area contributed by atoms with E-state index in [1.165, 1.54) is 13.2 Å². The SMILES string of the molecule is COc1cc(-c2ccc(N=S(C)(C)=O)cc2)ccc1-c1nc2cc(O[C@@H]3CO[C@H]4[C@@H]3OC[C@H]4O)[nH]c2cc1F. The van der Waals surface area contributed by atoms with Gasteiger partial charge in [-0.1, -0.05) is 18.2 Å². The molecule has 4 heterocycles. The van der Waals surface area contributed by atoms with Crippen molar-refractivity contribution in [2.45, 2.75) is 24.4 Å². The molecule has 0 radical (unpaired) electrons. The highest BCUT2D eigenvalue weighted by Gasteiger charge is 2.48.